The van der Waals surface area contributed by atoms with Gasteiger partial charge in [-0.1, -0.05) is 60.2 Å². The molecule has 1 nitrogen and oxygen atoms in total. The number of nitrogens with zero attached hydrogens (tertiary/aromatic N) is 1. The first kappa shape index (κ1) is 14.0. The maximum absolute atomic E-state index is 2.66. The molecule has 2 aromatic rings. The number of piperidine rings is 1. The summed E-state index contributed by atoms with van der Waals surface area (Å²) < 4.78 is 0. The first-order valence-corrected chi connectivity index (χ1v) is 8.57. The van der Waals surface area contributed by atoms with Crippen molar-refractivity contribution in [2.45, 2.75) is 50.1 Å². The quantitative estimate of drug-likeness (QED) is 0.773. The molecule has 2 aliphatic rings. The van der Waals surface area contributed by atoms with E-state index in [-0.39, 0.29) is 0 Å². The number of benzene rings is 2. The van der Waals surface area contributed by atoms with Gasteiger partial charge in [-0.3, -0.25) is 4.90 Å². The third-order valence-electron chi connectivity index (χ3n) is 5.96. The Balaban J connectivity index is 1.76. The molecule has 22 heavy (non-hydrogen) atoms. The van der Waals surface area contributed by atoms with Crippen LogP contribution in [0.5, 0.6) is 0 Å². The van der Waals surface area contributed by atoms with Gasteiger partial charge >= 0.3 is 0 Å². The van der Waals surface area contributed by atoms with Crippen molar-refractivity contribution in [3.8, 4) is 0 Å². The van der Waals surface area contributed by atoms with Crippen LogP contribution in [0.2, 0.25) is 0 Å². The Morgan fingerprint density at radius 3 is 2.32 bits per heavy atom. The van der Waals surface area contributed by atoms with Gasteiger partial charge in [0.15, 0.2) is 0 Å². The Morgan fingerprint density at radius 2 is 1.59 bits per heavy atom. The SMILES string of the molecule is Cc1ccc([C@@H]2CC3CCC([C@@H]2c2ccccc2)N3C)cc1. The van der Waals surface area contributed by atoms with Gasteiger partial charge in [0.25, 0.3) is 0 Å². The van der Waals surface area contributed by atoms with Crippen LogP contribution in [0.1, 0.15) is 47.8 Å². The van der Waals surface area contributed by atoms with E-state index in [4.69, 9.17) is 0 Å². The Hall–Kier alpha value is -1.60. The van der Waals surface area contributed by atoms with Crippen molar-refractivity contribution in [2.75, 3.05) is 7.05 Å². The van der Waals surface area contributed by atoms with Crippen LogP contribution in [-0.2, 0) is 0 Å². The first-order chi connectivity index (χ1) is 10.7. The summed E-state index contributed by atoms with van der Waals surface area (Å²) >= 11 is 0. The highest BCUT2D eigenvalue weighted by atomic mass is 15.2. The molecule has 0 aliphatic carbocycles. The minimum absolute atomic E-state index is 0.632. The minimum Gasteiger partial charge on any atom is -0.300 e. The van der Waals surface area contributed by atoms with Crippen LogP contribution in [0.4, 0.5) is 0 Å². The van der Waals surface area contributed by atoms with Crippen molar-refractivity contribution in [1.82, 2.24) is 4.90 Å². The number of aryl methyl sites for hydroxylation is 1. The maximum Gasteiger partial charge on any atom is 0.0170 e. The van der Waals surface area contributed by atoms with Gasteiger partial charge in [0, 0.05) is 18.0 Å². The van der Waals surface area contributed by atoms with Crippen molar-refractivity contribution in [3.63, 3.8) is 0 Å². The lowest BCUT2D eigenvalue weighted by atomic mass is 9.73. The van der Waals surface area contributed by atoms with Gasteiger partial charge in [-0.2, -0.15) is 0 Å². The molecule has 2 bridgehead atoms. The zero-order valence-corrected chi connectivity index (χ0v) is 13.6. The highest BCUT2D eigenvalue weighted by Gasteiger charge is 2.46. The van der Waals surface area contributed by atoms with Crippen LogP contribution in [0.15, 0.2) is 54.6 Å². The number of hydrogen-bond acceptors (Lipinski definition) is 1. The number of hydrogen-bond donors (Lipinski definition) is 0. The van der Waals surface area contributed by atoms with Gasteiger partial charge in [0.05, 0.1) is 0 Å². The number of likely N-dealkylation sites (N-methyl/N-ethyl adjacent to an activating group) is 1. The summed E-state index contributed by atoms with van der Waals surface area (Å²) in [6, 6.07) is 21.9. The van der Waals surface area contributed by atoms with Gasteiger partial charge in [-0.05, 0) is 50.3 Å². The van der Waals surface area contributed by atoms with Gasteiger partial charge < -0.3 is 0 Å². The molecule has 2 heterocycles. The molecule has 4 atom stereocenters. The second-order valence-corrected chi connectivity index (χ2v) is 7.15. The molecule has 114 valence electrons. The van der Waals surface area contributed by atoms with E-state index in [1.54, 1.807) is 0 Å². The lowest BCUT2D eigenvalue weighted by molar-refractivity contribution is 0.137. The highest BCUT2D eigenvalue weighted by Crippen LogP contribution is 2.50. The van der Waals surface area contributed by atoms with Crippen LogP contribution in [0.3, 0.4) is 0 Å². The van der Waals surface area contributed by atoms with E-state index in [2.05, 4.69) is 73.5 Å². The first-order valence-electron chi connectivity index (χ1n) is 8.57. The Morgan fingerprint density at radius 1 is 0.864 bits per heavy atom. The standard InChI is InChI=1S/C21H25N/c1-15-8-10-16(11-9-15)19-14-18-12-13-20(22(18)2)21(19)17-6-4-3-5-7-17/h3-11,18-21H,12-14H2,1-2H3/t18?,19-,20?,21+/m0/s1. The number of fused-ring (bicyclic) bond motifs is 2. The summed E-state index contributed by atoms with van der Waals surface area (Å²) in [7, 11) is 2.34. The van der Waals surface area contributed by atoms with Crippen molar-refractivity contribution in [2.24, 2.45) is 0 Å². The molecule has 0 saturated carbocycles. The average Bonchev–Trinajstić information content (AvgIpc) is 2.79. The zero-order chi connectivity index (χ0) is 15.1. The van der Waals surface area contributed by atoms with Gasteiger partial charge in [0.1, 0.15) is 0 Å². The third-order valence-corrected chi connectivity index (χ3v) is 5.96. The predicted molar refractivity (Wildman–Crippen MR) is 92.3 cm³/mol. The topological polar surface area (TPSA) is 3.24 Å². The molecule has 2 aliphatic heterocycles. The van der Waals surface area contributed by atoms with Crippen LogP contribution in [-0.4, -0.2) is 24.0 Å². The second-order valence-electron chi connectivity index (χ2n) is 7.15. The lowest BCUT2D eigenvalue weighted by Crippen LogP contribution is -2.44. The summed E-state index contributed by atoms with van der Waals surface area (Å²) in [4.78, 5) is 2.66. The Bertz CT molecular complexity index is 631. The largest absolute Gasteiger partial charge is 0.300 e. The van der Waals surface area contributed by atoms with Gasteiger partial charge in [0.2, 0.25) is 0 Å². The molecule has 0 spiro atoms. The second kappa shape index (κ2) is 5.55. The average molecular weight is 291 g/mol. The maximum atomic E-state index is 2.66. The molecule has 1 heteroatoms. The van der Waals surface area contributed by atoms with E-state index >= 15 is 0 Å². The van der Waals surface area contributed by atoms with E-state index in [0.29, 0.717) is 17.9 Å². The molecule has 0 amide bonds. The van der Waals surface area contributed by atoms with Crippen LogP contribution in [0.25, 0.3) is 0 Å². The van der Waals surface area contributed by atoms with Crippen molar-refractivity contribution in [3.05, 3.63) is 71.3 Å². The van der Waals surface area contributed by atoms with E-state index in [1.807, 2.05) is 0 Å². The molecule has 0 N–H and O–H groups in total. The molecular weight excluding hydrogens is 266 g/mol. The lowest BCUT2D eigenvalue weighted by Gasteiger charge is -2.43. The fourth-order valence-electron chi connectivity index (χ4n) is 4.75. The van der Waals surface area contributed by atoms with E-state index in [1.165, 1.54) is 36.0 Å². The minimum atomic E-state index is 0.632. The molecule has 2 fully saturated rings. The molecule has 2 saturated heterocycles. The van der Waals surface area contributed by atoms with Crippen LogP contribution in [0, 0.1) is 6.92 Å². The Labute approximate surface area is 134 Å². The molecule has 0 aromatic heterocycles. The molecular formula is C21H25N. The fraction of sp³-hybridized carbons (Fsp3) is 0.429. The predicted octanol–water partition coefficient (Wildman–Crippen LogP) is 4.73. The van der Waals surface area contributed by atoms with Gasteiger partial charge in [-0.25, -0.2) is 0 Å². The normalized spacial score (nSPS) is 31.4. The van der Waals surface area contributed by atoms with E-state index in [0.717, 1.165) is 6.04 Å². The van der Waals surface area contributed by atoms with Crippen LogP contribution >= 0.6 is 0 Å². The van der Waals surface area contributed by atoms with Crippen molar-refractivity contribution >= 4 is 0 Å². The smallest absolute Gasteiger partial charge is 0.0170 e. The fourth-order valence-corrected chi connectivity index (χ4v) is 4.75. The van der Waals surface area contributed by atoms with E-state index < -0.39 is 0 Å². The van der Waals surface area contributed by atoms with Crippen LogP contribution < -0.4 is 0 Å². The van der Waals surface area contributed by atoms with Crippen molar-refractivity contribution < 1.29 is 0 Å². The summed E-state index contributed by atoms with van der Waals surface area (Å²) in [6.07, 6.45) is 4.02. The molecule has 2 unspecified atom stereocenters. The molecule has 0 radical (unpaired) electrons. The molecule has 4 rings (SSSR count). The van der Waals surface area contributed by atoms with Crippen molar-refractivity contribution in [1.29, 1.82) is 0 Å². The summed E-state index contributed by atoms with van der Waals surface area (Å²) in [5.74, 6) is 1.30. The highest BCUT2D eigenvalue weighted by molar-refractivity contribution is 5.34. The molecule has 2 aromatic carbocycles. The monoisotopic (exact) mass is 291 g/mol. The summed E-state index contributed by atoms with van der Waals surface area (Å²) in [5.41, 5.74) is 4.41. The summed E-state index contributed by atoms with van der Waals surface area (Å²) in [6.45, 7) is 2.18. The third kappa shape index (κ3) is 2.28. The number of rotatable bonds is 2. The Kier molecular flexibility index (Phi) is 3.54. The summed E-state index contributed by atoms with van der Waals surface area (Å²) in [5, 5.41) is 0. The van der Waals surface area contributed by atoms with Gasteiger partial charge in [-0.15, -0.1) is 0 Å². The zero-order valence-electron chi connectivity index (χ0n) is 13.6. The van der Waals surface area contributed by atoms with E-state index in [9.17, 15) is 0 Å².